The summed E-state index contributed by atoms with van der Waals surface area (Å²) in [4.78, 5) is 69.6. The molecule has 0 saturated carbocycles. The highest BCUT2D eigenvalue weighted by Gasteiger charge is 2.33. The van der Waals surface area contributed by atoms with E-state index >= 15 is 0 Å². The van der Waals surface area contributed by atoms with Gasteiger partial charge in [0.05, 0.1) is 18.9 Å². The number of carboxylic acid groups (broad SMARTS) is 3. The fourth-order valence-corrected chi connectivity index (χ4v) is 2.26. The molecule has 3 amide bonds. The minimum atomic E-state index is -1.60. The van der Waals surface area contributed by atoms with Crippen LogP contribution in [0.5, 0.6) is 0 Å². The summed E-state index contributed by atoms with van der Waals surface area (Å²) in [5, 5.41) is 33.2. The van der Waals surface area contributed by atoms with Crippen LogP contribution < -0.4 is 21.7 Å². The lowest BCUT2D eigenvalue weighted by Crippen LogP contribution is -2.58. The molecule has 0 aromatic rings. The summed E-state index contributed by atoms with van der Waals surface area (Å²) in [5.74, 6) is -7.41. The van der Waals surface area contributed by atoms with Crippen LogP contribution in [0.25, 0.3) is 0 Å². The lowest BCUT2D eigenvalue weighted by atomic mass is 9.97. The fraction of sp³-hybridized carbons (Fsp3) is 0.647. The normalized spacial score (nSPS) is 15.6. The van der Waals surface area contributed by atoms with E-state index in [1.54, 1.807) is 13.8 Å². The molecule has 0 aromatic heterocycles. The second kappa shape index (κ2) is 12.4. The van der Waals surface area contributed by atoms with Gasteiger partial charge < -0.3 is 37.0 Å². The van der Waals surface area contributed by atoms with Gasteiger partial charge in [0.2, 0.25) is 17.7 Å². The third-order valence-electron chi connectivity index (χ3n) is 4.27. The summed E-state index contributed by atoms with van der Waals surface area (Å²) in [6.45, 7) is 4.47. The van der Waals surface area contributed by atoms with Crippen molar-refractivity contribution in [2.75, 3.05) is 0 Å². The van der Waals surface area contributed by atoms with Crippen LogP contribution in [0.15, 0.2) is 0 Å². The maximum Gasteiger partial charge on any atom is 0.325 e. The van der Waals surface area contributed by atoms with Crippen LogP contribution in [0.2, 0.25) is 0 Å². The lowest BCUT2D eigenvalue weighted by molar-refractivity contribution is -0.143. The molecule has 0 spiro atoms. The van der Waals surface area contributed by atoms with Crippen LogP contribution in [0.1, 0.15) is 40.0 Å². The molecule has 0 heterocycles. The smallest absolute Gasteiger partial charge is 0.325 e. The van der Waals surface area contributed by atoms with E-state index in [2.05, 4.69) is 16.0 Å². The lowest BCUT2D eigenvalue weighted by Gasteiger charge is -2.27. The number of carbonyl (C=O) groups excluding carboxylic acids is 3. The van der Waals surface area contributed by atoms with Crippen LogP contribution in [0.4, 0.5) is 0 Å². The van der Waals surface area contributed by atoms with Gasteiger partial charge in [-0.05, 0) is 12.8 Å². The fourth-order valence-electron chi connectivity index (χ4n) is 2.26. The molecule has 0 radical (unpaired) electrons. The molecule has 0 bridgehead atoms. The Morgan fingerprint density at radius 2 is 1.33 bits per heavy atom. The van der Waals surface area contributed by atoms with Crippen molar-refractivity contribution in [2.45, 2.75) is 64.2 Å². The van der Waals surface area contributed by atoms with Gasteiger partial charge in [-0.2, -0.15) is 0 Å². The summed E-state index contributed by atoms with van der Waals surface area (Å²) in [7, 11) is 0. The zero-order chi connectivity index (χ0) is 23.6. The molecule has 0 aliphatic heterocycles. The first kappa shape index (κ1) is 26.8. The monoisotopic (exact) mass is 432 g/mol. The zero-order valence-electron chi connectivity index (χ0n) is 16.9. The zero-order valence-corrected chi connectivity index (χ0v) is 16.9. The van der Waals surface area contributed by atoms with E-state index in [9.17, 15) is 28.8 Å². The van der Waals surface area contributed by atoms with Gasteiger partial charge in [-0.3, -0.25) is 28.8 Å². The molecule has 0 aliphatic carbocycles. The first-order valence-electron chi connectivity index (χ1n) is 9.13. The topological polar surface area (TPSA) is 225 Å². The number of carboxylic acids is 3. The van der Waals surface area contributed by atoms with Gasteiger partial charge in [0, 0.05) is 0 Å². The first-order chi connectivity index (χ1) is 13.8. The standard InChI is InChI=1S/C17H28N4O9/c1-4-7(2)13(21-14(26)9(18)5-11(22)23)16(28)20-10(6-12(24)25)15(27)19-8(3)17(29)30/h7-10,13H,4-6,18H2,1-3H3,(H,19,27)(H,20,28)(H,21,26)(H,22,23)(H,24,25)(H,29,30). The average molecular weight is 432 g/mol. The third kappa shape index (κ3) is 9.32. The Kier molecular flexibility index (Phi) is 11.0. The molecule has 0 saturated heterocycles. The van der Waals surface area contributed by atoms with E-state index in [-0.39, 0.29) is 0 Å². The SMILES string of the molecule is CCC(C)C(NC(=O)C(N)CC(=O)O)C(=O)NC(CC(=O)O)C(=O)NC(C)C(=O)O. The Labute approximate surface area is 172 Å². The van der Waals surface area contributed by atoms with E-state index in [0.717, 1.165) is 6.92 Å². The van der Waals surface area contributed by atoms with Gasteiger partial charge in [0.25, 0.3) is 0 Å². The predicted octanol–water partition coefficient (Wildman–Crippen LogP) is -2.13. The van der Waals surface area contributed by atoms with Crippen LogP contribution in [0, 0.1) is 5.92 Å². The highest BCUT2D eigenvalue weighted by molar-refractivity contribution is 5.96. The Morgan fingerprint density at radius 1 is 0.800 bits per heavy atom. The number of rotatable bonds is 13. The van der Waals surface area contributed by atoms with Crippen molar-refractivity contribution in [3.63, 3.8) is 0 Å². The summed E-state index contributed by atoms with van der Waals surface area (Å²) >= 11 is 0. The van der Waals surface area contributed by atoms with Gasteiger partial charge in [-0.25, -0.2) is 0 Å². The largest absolute Gasteiger partial charge is 0.481 e. The Hall–Kier alpha value is -3.22. The second-order valence-corrected chi connectivity index (χ2v) is 6.80. The van der Waals surface area contributed by atoms with E-state index in [4.69, 9.17) is 21.1 Å². The molecule has 0 aromatic carbocycles. The molecule has 170 valence electrons. The van der Waals surface area contributed by atoms with Crippen molar-refractivity contribution in [3.05, 3.63) is 0 Å². The molecule has 0 rings (SSSR count). The van der Waals surface area contributed by atoms with Crippen molar-refractivity contribution in [1.82, 2.24) is 16.0 Å². The Balaban J connectivity index is 5.44. The van der Waals surface area contributed by atoms with Crippen molar-refractivity contribution in [1.29, 1.82) is 0 Å². The van der Waals surface area contributed by atoms with Gasteiger partial charge in [-0.15, -0.1) is 0 Å². The summed E-state index contributed by atoms with van der Waals surface area (Å²) in [6.07, 6.45) is -1.10. The van der Waals surface area contributed by atoms with E-state index in [0.29, 0.717) is 6.42 Å². The third-order valence-corrected chi connectivity index (χ3v) is 4.27. The Morgan fingerprint density at radius 3 is 1.77 bits per heavy atom. The molecule has 13 nitrogen and oxygen atoms in total. The van der Waals surface area contributed by atoms with Crippen molar-refractivity contribution >= 4 is 35.6 Å². The molecule has 0 fully saturated rings. The van der Waals surface area contributed by atoms with Gasteiger partial charge >= 0.3 is 17.9 Å². The number of hydrogen-bond donors (Lipinski definition) is 7. The summed E-state index contributed by atoms with van der Waals surface area (Å²) in [6, 6.07) is -5.59. The van der Waals surface area contributed by atoms with Crippen LogP contribution in [0.3, 0.4) is 0 Å². The van der Waals surface area contributed by atoms with E-state index in [1.807, 2.05) is 0 Å². The van der Waals surface area contributed by atoms with Crippen LogP contribution >= 0.6 is 0 Å². The number of carbonyl (C=O) groups is 6. The summed E-state index contributed by atoms with van der Waals surface area (Å²) in [5.41, 5.74) is 5.48. The first-order valence-corrected chi connectivity index (χ1v) is 9.13. The van der Waals surface area contributed by atoms with Gasteiger partial charge in [0.15, 0.2) is 0 Å². The molecule has 30 heavy (non-hydrogen) atoms. The highest BCUT2D eigenvalue weighted by atomic mass is 16.4. The van der Waals surface area contributed by atoms with Gasteiger partial charge in [-0.1, -0.05) is 20.3 Å². The molecule has 5 unspecified atom stereocenters. The van der Waals surface area contributed by atoms with Crippen LogP contribution in [-0.2, 0) is 28.8 Å². The molecular weight excluding hydrogens is 404 g/mol. The molecule has 8 N–H and O–H groups in total. The van der Waals surface area contributed by atoms with Crippen LogP contribution in [-0.4, -0.2) is 75.1 Å². The second-order valence-electron chi connectivity index (χ2n) is 6.80. The van der Waals surface area contributed by atoms with Crippen molar-refractivity contribution in [2.24, 2.45) is 11.7 Å². The average Bonchev–Trinajstić information content (AvgIpc) is 2.63. The van der Waals surface area contributed by atoms with Crippen molar-refractivity contribution < 1.29 is 44.1 Å². The number of hydrogen-bond acceptors (Lipinski definition) is 7. The minimum absolute atomic E-state index is 0.401. The number of amides is 3. The molecule has 13 heteroatoms. The maximum atomic E-state index is 12.7. The maximum absolute atomic E-state index is 12.7. The predicted molar refractivity (Wildman–Crippen MR) is 101 cm³/mol. The molecular formula is C17H28N4O9. The summed E-state index contributed by atoms with van der Waals surface area (Å²) < 4.78 is 0. The van der Waals surface area contributed by atoms with Gasteiger partial charge in [0.1, 0.15) is 18.1 Å². The number of nitrogens with one attached hydrogen (secondary N) is 3. The van der Waals surface area contributed by atoms with E-state index in [1.165, 1.54) is 0 Å². The van der Waals surface area contributed by atoms with Crippen molar-refractivity contribution in [3.8, 4) is 0 Å². The highest BCUT2D eigenvalue weighted by Crippen LogP contribution is 2.10. The minimum Gasteiger partial charge on any atom is -0.481 e. The van der Waals surface area contributed by atoms with E-state index < -0.39 is 78.6 Å². The molecule has 5 atom stereocenters. The quantitative estimate of drug-likeness (QED) is 0.167. The number of nitrogens with two attached hydrogens (primary N) is 1. The molecule has 0 aliphatic rings. The Bertz CT molecular complexity index is 682. The number of aliphatic carboxylic acids is 3.